The van der Waals surface area contributed by atoms with Gasteiger partial charge in [-0.15, -0.1) is 11.3 Å². The zero-order chi connectivity index (χ0) is 13.2. The van der Waals surface area contributed by atoms with Gasteiger partial charge in [0.1, 0.15) is 4.21 Å². The Morgan fingerprint density at radius 3 is 2.39 bits per heavy atom. The second-order valence-electron chi connectivity index (χ2n) is 4.87. The molecule has 0 radical (unpaired) electrons. The molecular formula is C12H20N2O2S2. The SMILES string of the molecule is CN(C1CCCCCC1)S(=O)(=O)c1cc(N)cs1. The van der Waals surface area contributed by atoms with Gasteiger partial charge in [-0.3, -0.25) is 0 Å². The molecule has 1 aliphatic rings. The number of sulfonamides is 1. The van der Waals surface area contributed by atoms with E-state index in [2.05, 4.69) is 0 Å². The second kappa shape index (κ2) is 5.59. The molecule has 1 heterocycles. The summed E-state index contributed by atoms with van der Waals surface area (Å²) >= 11 is 1.20. The summed E-state index contributed by atoms with van der Waals surface area (Å²) in [5, 5.41) is 1.67. The molecule has 102 valence electrons. The summed E-state index contributed by atoms with van der Waals surface area (Å²) in [7, 11) is -1.67. The van der Waals surface area contributed by atoms with Crippen LogP contribution in [0.2, 0.25) is 0 Å². The van der Waals surface area contributed by atoms with Gasteiger partial charge in [-0.1, -0.05) is 25.7 Å². The zero-order valence-corrected chi connectivity index (χ0v) is 12.3. The lowest BCUT2D eigenvalue weighted by Crippen LogP contribution is -2.36. The first kappa shape index (κ1) is 13.8. The summed E-state index contributed by atoms with van der Waals surface area (Å²) in [5.74, 6) is 0. The Bertz CT molecular complexity index is 488. The first-order valence-corrected chi connectivity index (χ1v) is 8.66. The highest BCUT2D eigenvalue weighted by Gasteiger charge is 2.29. The number of anilines is 1. The van der Waals surface area contributed by atoms with Crippen molar-refractivity contribution in [2.45, 2.75) is 48.8 Å². The van der Waals surface area contributed by atoms with Gasteiger partial charge in [0.05, 0.1) is 0 Å². The number of nitrogen functional groups attached to an aromatic ring is 1. The van der Waals surface area contributed by atoms with Crippen molar-refractivity contribution in [3.05, 3.63) is 11.4 Å². The monoisotopic (exact) mass is 288 g/mol. The molecule has 0 spiro atoms. The molecule has 0 aliphatic heterocycles. The van der Waals surface area contributed by atoms with E-state index in [1.165, 1.54) is 24.2 Å². The summed E-state index contributed by atoms with van der Waals surface area (Å²) in [6.45, 7) is 0. The van der Waals surface area contributed by atoms with Crippen molar-refractivity contribution in [3.8, 4) is 0 Å². The van der Waals surface area contributed by atoms with Gasteiger partial charge in [0.2, 0.25) is 0 Å². The summed E-state index contributed by atoms with van der Waals surface area (Å²) in [6, 6.07) is 1.69. The number of nitrogens with two attached hydrogens (primary N) is 1. The molecule has 0 aromatic carbocycles. The molecule has 1 aromatic heterocycles. The van der Waals surface area contributed by atoms with Crippen molar-refractivity contribution in [3.63, 3.8) is 0 Å². The van der Waals surface area contributed by atoms with E-state index in [1.54, 1.807) is 22.8 Å². The molecule has 1 fully saturated rings. The van der Waals surface area contributed by atoms with Crippen molar-refractivity contribution in [1.82, 2.24) is 4.31 Å². The summed E-state index contributed by atoms with van der Waals surface area (Å²) < 4.78 is 26.8. The smallest absolute Gasteiger partial charge is 0.252 e. The second-order valence-corrected chi connectivity index (χ2v) is 8.00. The Morgan fingerprint density at radius 2 is 1.89 bits per heavy atom. The molecule has 1 aliphatic carbocycles. The van der Waals surface area contributed by atoms with Gasteiger partial charge in [0.15, 0.2) is 0 Å². The topological polar surface area (TPSA) is 63.4 Å². The first-order chi connectivity index (χ1) is 8.51. The fourth-order valence-corrected chi connectivity index (χ4v) is 5.11. The van der Waals surface area contributed by atoms with Crippen molar-refractivity contribution in [2.75, 3.05) is 12.8 Å². The maximum atomic E-state index is 12.4. The van der Waals surface area contributed by atoms with Crippen LogP contribution in [-0.2, 0) is 10.0 Å². The maximum Gasteiger partial charge on any atom is 0.252 e. The molecule has 2 rings (SSSR count). The van der Waals surface area contributed by atoms with E-state index in [-0.39, 0.29) is 6.04 Å². The van der Waals surface area contributed by atoms with Gasteiger partial charge in [-0.05, 0) is 18.9 Å². The third-order valence-electron chi connectivity index (χ3n) is 3.57. The van der Waals surface area contributed by atoms with Crippen molar-refractivity contribution in [1.29, 1.82) is 0 Å². The summed E-state index contributed by atoms with van der Waals surface area (Å²) in [4.78, 5) is 0. The molecule has 1 saturated carbocycles. The fraction of sp³-hybridized carbons (Fsp3) is 0.667. The molecular weight excluding hydrogens is 268 g/mol. The van der Waals surface area contributed by atoms with Gasteiger partial charge in [0, 0.05) is 24.2 Å². The molecule has 0 unspecified atom stereocenters. The molecule has 6 heteroatoms. The third kappa shape index (κ3) is 2.87. The van der Waals surface area contributed by atoms with Gasteiger partial charge >= 0.3 is 0 Å². The Balaban J connectivity index is 2.18. The van der Waals surface area contributed by atoms with E-state index in [0.29, 0.717) is 9.90 Å². The average Bonchev–Trinajstić information content (AvgIpc) is 2.63. The summed E-state index contributed by atoms with van der Waals surface area (Å²) in [5.41, 5.74) is 6.13. The number of hydrogen-bond donors (Lipinski definition) is 1. The van der Waals surface area contributed by atoms with Crippen LogP contribution in [0.15, 0.2) is 15.7 Å². The molecule has 1 aromatic rings. The molecule has 0 bridgehead atoms. The minimum absolute atomic E-state index is 0.140. The zero-order valence-electron chi connectivity index (χ0n) is 10.6. The lowest BCUT2D eigenvalue weighted by Gasteiger charge is -2.25. The summed E-state index contributed by atoms with van der Waals surface area (Å²) in [6.07, 6.45) is 6.62. The van der Waals surface area contributed by atoms with Crippen LogP contribution in [0.25, 0.3) is 0 Å². The van der Waals surface area contributed by atoms with Crippen LogP contribution in [0.5, 0.6) is 0 Å². The lowest BCUT2D eigenvalue weighted by atomic mass is 10.1. The van der Waals surface area contributed by atoms with Gasteiger partial charge in [-0.25, -0.2) is 8.42 Å². The highest BCUT2D eigenvalue weighted by Crippen LogP contribution is 2.29. The molecule has 4 nitrogen and oxygen atoms in total. The van der Waals surface area contributed by atoms with Gasteiger partial charge < -0.3 is 5.73 Å². The molecule has 18 heavy (non-hydrogen) atoms. The van der Waals surface area contributed by atoms with Gasteiger partial charge in [-0.2, -0.15) is 4.31 Å². The largest absolute Gasteiger partial charge is 0.398 e. The van der Waals surface area contributed by atoms with E-state index in [9.17, 15) is 8.42 Å². The Labute approximate surface area is 113 Å². The highest BCUT2D eigenvalue weighted by molar-refractivity contribution is 7.91. The number of rotatable bonds is 3. The maximum absolute atomic E-state index is 12.4. The van der Waals surface area contributed by atoms with Crippen molar-refractivity contribution < 1.29 is 8.42 Å². The van der Waals surface area contributed by atoms with Crippen LogP contribution >= 0.6 is 11.3 Å². The van der Waals surface area contributed by atoms with E-state index in [4.69, 9.17) is 5.73 Å². The normalized spacial score (nSPS) is 19.0. The predicted octanol–water partition coefficient (Wildman–Crippen LogP) is 2.67. The van der Waals surface area contributed by atoms with E-state index >= 15 is 0 Å². The van der Waals surface area contributed by atoms with Crippen LogP contribution in [-0.4, -0.2) is 25.8 Å². The molecule has 0 atom stereocenters. The van der Waals surface area contributed by atoms with Crippen molar-refractivity contribution >= 4 is 27.0 Å². The lowest BCUT2D eigenvalue weighted by molar-refractivity contribution is 0.336. The predicted molar refractivity (Wildman–Crippen MR) is 75.2 cm³/mol. The molecule has 2 N–H and O–H groups in total. The van der Waals surface area contributed by atoms with Gasteiger partial charge in [0.25, 0.3) is 10.0 Å². The Hall–Kier alpha value is -0.590. The van der Waals surface area contributed by atoms with E-state index in [0.717, 1.165) is 25.7 Å². The minimum Gasteiger partial charge on any atom is -0.398 e. The average molecular weight is 288 g/mol. The highest BCUT2D eigenvalue weighted by atomic mass is 32.2. The van der Waals surface area contributed by atoms with Crippen LogP contribution in [0.3, 0.4) is 0 Å². The quantitative estimate of drug-likeness (QED) is 0.870. The fourth-order valence-electron chi connectivity index (χ4n) is 2.43. The van der Waals surface area contributed by atoms with Crippen LogP contribution in [0.4, 0.5) is 5.69 Å². The molecule has 0 saturated heterocycles. The third-order valence-corrected chi connectivity index (χ3v) is 6.91. The van der Waals surface area contributed by atoms with Crippen LogP contribution < -0.4 is 5.73 Å². The number of hydrogen-bond acceptors (Lipinski definition) is 4. The number of nitrogens with zero attached hydrogens (tertiary/aromatic N) is 1. The van der Waals surface area contributed by atoms with Crippen molar-refractivity contribution in [2.24, 2.45) is 0 Å². The number of thiophene rings is 1. The van der Waals surface area contributed by atoms with Crippen LogP contribution in [0.1, 0.15) is 38.5 Å². The first-order valence-electron chi connectivity index (χ1n) is 6.34. The standard InChI is InChI=1S/C12H20N2O2S2/c1-14(11-6-4-2-3-5-7-11)18(15,16)12-8-10(13)9-17-12/h8-9,11H,2-7,13H2,1H3. The Morgan fingerprint density at radius 1 is 1.28 bits per heavy atom. The Kier molecular flexibility index (Phi) is 4.29. The molecule has 0 amide bonds. The van der Waals surface area contributed by atoms with E-state index in [1.807, 2.05) is 0 Å². The van der Waals surface area contributed by atoms with Crippen LogP contribution in [0, 0.1) is 0 Å². The van der Waals surface area contributed by atoms with E-state index < -0.39 is 10.0 Å². The minimum atomic E-state index is -3.36.